The summed E-state index contributed by atoms with van der Waals surface area (Å²) in [6.07, 6.45) is 9.47. The number of amides is 1. The summed E-state index contributed by atoms with van der Waals surface area (Å²) in [6, 6.07) is 7.89. The Kier molecular flexibility index (Phi) is 10.4. The van der Waals surface area contributed by atoms with Gasteiger partial charge < -0.3 is 20.7 Å². The molecule has 3 N–H and O–H groups in total. The summed E-state index contributed by atoms with van der Waals surface area (Å²) in [6.45, 7) is 4.08. The highest BCUT2D eigenvalue weighted by molar-refractivity contribution is 5.90. The predicted octanol–water partition coefficient (Wildman–Crippen LogP) is 3.83. The Bertz CT molecular complexity index is 610. The van der Waals surface area contributed by atoms with Crippen LogP contribution in [0.3, 0.4) is 0 Å². The Morgan fingerprint density at radius 3 is 2.68 bits per heavy atom. The molecule has 2 rings (SSSR count). The zero-order valence-corrected chi connectivity index (χ0v) is 17.4. The zero-order valence-electron chi connectivity index (χ0n) is 17.4. The van der Waals surface area contributed by atoms with Crippen LogP contribution in [0.1, 0.15) is 63.9 Å². The topological polar surface area (TPSA) is 74.8 Å². The van der Waals surface area contributed by atoms with E-state index in [4.69, 9.17) is 4.74 Å². The highest BCUT2D eigenvalue weighted by Gasteiger charge is 2.12. The molecule has 6 nitrogen and oxygen atoms in total. The van der Waals surface area contributed by atoms with Crippen molar-refractivity contribution in [3.8, 4) is 0 Å². The smallest absolute Gasteiger partial charge is 0.224 e. The van der Waals surface area contributed by atoms with Crippen molar-refractivity contribution in [2.75, 3.05) is 25.5 Å². The molecule has 0 unspecified atom stereocenters. The Labute approximate surface area is 169 Å². The molecule has 0 atom stereocenters. The second-order valence-electron chi connectivity index (χ2n) is 7.34. The summed E-state index contributed by atoms with van der Waals surface area (Å²) in [7, 11) is 1.77. The lowest BCUT2D eigenvalue weighted by Gasteiger charge is -2.17. The van der Waals surface area contributed by atoms with Crippen LogP contribution in [0.15, 0.2) is 29.3 Å². The van der Waals surface area contributed by atoms with Crippen molar-refractivity contribution in [1.82, 2.24) is 10.6 Å². The van der Waals surface area contributed by atoms with Crippen molar-refractivity contribution in [2.24, 2.45) is 4.99 Å². The number of anilines is 1. The lowest BCUT2D eigenvalue weighted by atomic mass is 10.1. The monoisotopic (exact) mass is 388 g/mol. The molecule has 0 saturated heterocycles. The third-order valence-electron chi connectivity index (χ3n) is 4.92. The molecule has 1 fully saturated rings. The molecule has 0 heterocycles. The van der Waals surface area contributed by atoms with Crippen LogP contribution in [0.25, 0.3) is 0 Å². The van der Waals surface area contributed by atoms with E-state index < -0.39 is 0 Å². The fourth-order valence-corrected chi connectivity index (χ4v) is 3.42. The lowest BCUT2D eigenvalue weighted by molar-refractivity contribution is -0.116. The third-order valence-corrected chi connectivity index (χ3v) is 4.92. The number of nitrogens with zero attached hydrogens (tertiary/aromatic N) is 1. The number of ether oxygens (including phenoxy) is 1. The maximum absolute atomic E-state index is 11.7. The highest BCUT2D eigenvalue weighted by Crippen LogP contribution is 2.19. The summed E-state index contributed by atoms with van der Waals surface area (Å²) in [5.74, 6) is 0.809. The predicted molar refractivity (Wildman–Crippen MR) is 116 cm³/mol. The van der Waals surface area contributed by atoms with Crippen molar-refractivity contribution < 1.29 is 9.53 Å². The summed E-state index contributed by atoms with van der Waals surface area (Å²) in [5, 5.41) is 9.55. The molecule has 28 heavy (non-hydrogen) atoms. The summed E-state index contributed by atoms with van der Waals surface area (Å²) in [5.41, 5.74) is 1.92. The van der Waals surface area contributed by atoms with E-state index >= 15 is 0 Å². The molecule has 156 valence electrons. The summed E-state index contributed by atoms with van der Waals surface area (Å²) >= 11 is 0. The van der Waals surface area contributed by atoms with Crippen LogP contribution < -0.4 is 16.0 Å². The fraction of sp³-hybridized carbons (Fsp3) is 0.636. The van der Waals surface area contributed by atoms with Gasteiger partial charge in [0.15, 0.2) is 5.96 Å². The van der Waals surface area contributed by atoms with Gasteiger partial charge in [0.05, 0.1) is 12.7 Å². The average Bonchev–Trinajstić information content (AvgIpc) is 2.97. The van der Waals surface area contributed by atoms with E-state index in [0.29, 0.717) is 25.7 Å². The first-order valence-electron chi connectivity index (χ1n) is 10.7. The molecule has 1 saturated carbocycles. The number of carbonyl (C=O) groups excluding carboxylic acids is 1. The zero-order chi connectivity index (χ0) is 20.0. The standard InChI is InChI=1S/C22H36N4O2/c1-3-9-21(27)26-19-11-8-10-18(16-19)17-25-22(23-2)24-14-15-28-20-12-6-4-5-7-13-20/h8,10-11,16,20H,3-7,9,12-15,17H2,1-2H3,(H,26,27)(H2,23,24,25). The minimum Gasteiger partial charge on any atom is -0.376 e. The van der Waals surface area contributed by atoms with Gasteiger partial charge in [-0.15, -0.1) is 0 Å². The van der Waals surface area contributed by atoms with Gasteiger partial charge in [0.2, 0.25) is 5.91 Å². The summed E-state index contributed by atoms with van der Waals surface area (Å²) < 4.78 is 6.01. The molecule has 1 aliphatic carbocycles. The lowest BCUT2D eigenvalue weighted by Crippen LogP contribution is -2.38. The van der Waals surface area contributed by atoms with Crippen molar-refractivity contribution in [3.63, 3.8) is 0 Å². The van der Waals surface area contributed by atoms with Gasteiger partial charge >= 0.3 is 0 Å². The molecule has 0 spiro atoms. The van der Waals surface area contributed by atoms with Crippen molar-refractivity contribution >= 4 is 17.6 Å². The van der Waals surface area contributed by atoms with Crippen LogP contribution in [0.2, 0.25) is 0 Å². The van der Waals surface area contributed by atoms with E-state index in [-0.39, 0.29) is 5.91 Å². The quantitative estimate of drug-likeness (QED) is 0.260. The van der Waals surface area contributed by atoms with Gasteiger partial charge in [-0.1, -0.05) is 44.7 Å². The molecule has 0 aliphatic heterocycles. The van der Waals surface area contributed by atoms with E-state index in [1.54, 1.807) is 7.05 Å². The Balaban J connectivity index is 1.69. The van der Waals surface area contributed by atoms with Gasteiger partial charge in [-0.3, -0.25) is 9.79 Å². The van der Waals surface area contributed by atoms with Gasteiger partial charge in [0.25, 0.3) is 0 Å². The minimum atomic E-state index is 0.0544. The number of hydrogen-bond acceptors (Lipinski definition) is 3. The average molecular weight is 389 g/mol. The highest BCUT2D eigenvalue weighted by atomic mass is 16.5. The van der Waals surface area contributed by atoms with Gasteiger partial charge in [0.1, 0.15) is 0 Å². The van der Waals surface area contributed by atoms with E-state index in [9.17, 15) is 4.79 Å². The molecule has 0 aromatic heterocycles. The summed E-state index contributed by atoms with van der Waals surface area (Å²) in [4.78, 5) is 16.0. The molecule has 6 heteroatoms. The number of aliphatic imine (C=N–C) groups is 1. The van der Waals surface area contributed by atoms with Crippen molar-refractivity contribution in [3.05, 3.63) is 29.8 Å². The van der Waals surface area contributed by atoms with Crippen LogP contribution in [0.5, 0.6) is 0 Å². The minimum absolute atomic E-state index is 0.0544. The number of rotatable bonds is 9. The van der Waals surface area contributed by atoms with Crippen LogP contribution in [-0.4, -0.2) is 38.2 Å². The second-order valence-corrected chi connectivity index (χ2v) is 7.34. The van der Waals surface area contributed by atoms with Crippen LogP contribution in [-0.2, 0) is 16.1 Å². The number of carbonyl (C=O) groups is 1. The van der Waals surface area contributed by atoms with Crippen LogP contribution >= 0.6 is 0 Å². The van der Waals surface area contributed by atoms with Crippen LogP contribution in [0, 0.1) is 0 Å². The number of hydrogen-bond donors (Lipinski definition) is 3. The SMILES string of the molecule is CCCC(=O)Nc1cccc(CNC(=NC)NCCOC2CCCCCC2)c1. The van der Waals surface area contributed by atoms with E-state index in [2.05, 4.69) is 20.9 Å². The largest absolute Gasteiger partial charge is 0.376 e. The number of guanidine groups is 1. The number of benzene rings is 1. The molecule has 0 bridgehead atoms. The Morgan fingerprint density at radius 1 is 1.18 bits per heavy atom. The van der Waals surface area contributed by atoms with Gasteiger partial charge in [-0.25, -0.2) is 0 Å². The first-order valence-corrected chi connectivity index (χ1v) is 10.7. The molecular formula is C22H36N4O2. The fourth-order valence-electron chi connectivity index (χ4n) is 3.42. The van der Waals surface area contributed by atoms with E-state index in [1.807, 2.05) is 31.2 Å². The number of nitrogens with one attached hydrogen (secondary N) is 3. The molecule has 1 aromatic carbocycles. The van der Waals surface area contributed by atoms with Gasteiger partial charge in [-0.05, 0) is 37.0 Å². The van der Waals surface area contributed by atoms with Crippen LogP contribution in [0.4, 0.5) is 5.69 Å². The molecule has 0 radical (unpaired) electrons. The normalized spacial score (nSPS) is 15.7. The molecular weight excluding hydrogens is 352 g/mol. The van der Waals surface area contributed by atoms with Crippen molar-refractivity contribution in [2.45, 2.75) is 70.9 Å². The van der Waals surface area contributed by atoms with E-state index in [1.165, 1.54) is 38.5 Å². The maximum Gasteiger partial charge on any atom is 0.224 e. The molecule has 1 aliphatic rings. The Hall–Kier alpha value is -2.08. The third kappa shape index (κ3) is 8.74. The first kappa shape index (κ1) is 22.2. The van der Waals surface area contributed by atoms with Crippen molar-refractivity contribution in [1.29, 1.82) is 0 Å². The first-order chi connectivity index (χ1) is 13.7. The molecule has 1 amide bonds. The van der Waals surface area contributed by atoms with E-state index in [0.717, 1.165) is 30.2 Å². The van der Waals surface area contributed by atoms with Gasteiger partial charge in [0, 0.05) is 32.2 Å². The second kappa shape index (κ2) is 13.2. The Morgan fingerprint density at radius 2 is 1.96 bits per heavy atom. The maximum atomic E-state index is 11.7. The molecule has 1 aromatic rings. The van der Waals surface area contributed by atoms with Gasteiger partial charge in [-0.2, -0.15) is 0 Å².